The molecular formula is C37H67N5O8. The van der Waals surface area contributed by atoms with Crippen molar-refractivity contribution < 1.29 is 37.9 Å². The van der Waals surface area contributed by atoms with Crippen LogP contribution in [0.1, 0.15) is 133 Å². The molecule has 3 unspecified atom stereocenters. The van der Waals surface area contributed by atoms with Gasteiger partial charge >= 0.3 is 12.0 Å². The van der Waals surface area contributed by atoms with Crippen LogP contribution >= 0.6 is 0 Å². The van der Waals surface area contributed by atoms with Crippen LogP contribution in [-0.4, -0.2) is 71.6 Å². The van der Waals surface area contributed by atoms with Crippen LogP contribution in [0, 0.1) is 11.3 Å². The molecule has 288 valence electrons. The van der Waals surface area contributed by atoms with Gasteiger partial charge in [-0.3, -0.25) is 24.0 Å². The topological polar surface area (TPSA) is 190 Å². The molecule has 2 fully saturated rings. The zero-order valence-electron chi connectivity index (χ0n) is 32.6. The minimum Gasteiger partial charge on any atom is -0.466 e. The van der Waals surface area contributed by atoms with Gasteiger partial charge in [-0.25, -0.2) is 4.79 Å². The van der Waals surface area contributed by atoms with Crippen molar-refractivity contribution in [2.45, 2.75) is 152 Å². The first-order valence-corrected chi connectivity index (χ1v) is 18.4. The molecule has 1 aromatic heterocycles. The van der Waals surface area contributed by atoms with E-state index in [2.05, 4.69) is 43.6 Å². The number of nitrogens with one attached hydrogen (secondary N) is 3. The summed E-state index contributed by atoms with van der Waals surface area (Å²) >= 11 is 0. The number of ether oxygens (including phenoxy) is 1. The lowest BCUT2D eigenvalue weighted by Crippen LogP contribution is -2.60. The van der Waals surface area contributed by atoms with Crippen molar-refractivity contribution in [1.82, 2.24) is 20.9 Å². The van der Waals surface area contributed by atoms with Crippen LogP contribution < -0.4 is 21.7 Å². The zero-order valence-corrected chi connectivity index (χ0v) is 32.6. The summed E-state index contributed by atoms with van der Waals surface area (Å²) in [6, 6.07) is -0.398. The first-order chi connectivity index (χ1) is 23.7. The summed E-state index contributed by atoms with van der Waals surface area (Å²) in [4.78, 5) is 76.8. The number of urea groups is 1. The van der Waals surface area contributed by atoms with E-state index in [1.54, 1.807) is 32.9 Å². The second-order valence-corrected chi connectivity index (χ2v) is 12.8. The molecule has 13 nitrogen and oxygen atoms in total. The molecule has 1 saturated carbocycles. The molecule has 0 spiro atoms. The number of hydrogen-bond donors (Lipinski definition) is 4. The molecule has 1 aliphatic heterocycles. The van der Waals surface area contributed by atoms with Gasteiger partial charge in [-0.15, -0.1) is 0 Å². The van der Waals surface area contributed by atoms with Gasteiger partial charge in [0, 0.05) is 6.54 Å². The van der Waals surface area contributed by atoms with Crippen molar-refractivity contribution in [2.75, 3.05) is 13.1 Å². The number of furan rings is 1. The number of carbonyl (C=O) groups excluding carboxylic acids is 6. The van der Waals surface area contributed by atoms with Crippen LogP contribution in [0.25, 0.3) is 0 Å². The third-order valence-corrected chi connectivity index (χ3v) is 7.25. The van der Waals surface area contributed by atoms with E-state index in [-0.39, 0.29) is 19.1 Å². The quantitative estimate of drug-likeness (QED) is 0.158. The monoisotopic (exact) mass is 709 g/mol. The third-order valence-electron chi connectivity index (χ3n) is 7.25. The lowest BCUT2D eigenvalue weighted by Gasteiger charge is -2.36. The number of ketones is 1. The van der Waals surface area contributed by atoms with Crippen LogP contribution in [0.4, 0.5) is 4.79 Å². The van der Waals surface area contributed by atoms with Crippen LogP contribution in [0.15, 0.2) is 22.8 Å². The molecule has 1 aromatic rings. The largest absolute Gasteiger partial charge is 0.466 e. The van der Waals surface area contributed by atoms with E-state index in [1.165, 1.54) is 24.0 Å². The first-order valence-electron chi connectivity index (χ1n) is 18.4. The molecule has 5 amide bonds. The van der Waals surface area contributed by atoms with E-state index in [4.69, 9.17) is 14.9 Å². The molecule has 3 rings (SSSR count). The molecule has 3 atom stereocenters. The SMILES string of the molecule is CC.CC.CC(C)(C)C(NC(=O)NCC(=O)OCc1ccco1)C(=O)N1CCCC1C(=O)NC(CC1CCC1)C(=O)C(N)=O.CCC.CCC. The lowest BCUT2D eigenvalue weighted by atomic mass is 9.80. The van der Waals surface area contributed by atoms with Gasteiger partial charge in [-0.1, -0.05) is 108 Å². The third kappa shape index (κ3) is 18.2. The number of rotatable bonds is 12. The molecule has 50 heavy (non-hydrogen) atoms. The van der Waals surface area contributed by atoms with Crippen LogP contribution in [0.5, 0.6) is 0 Å². The minimum absolute atomic E-state index is 0.0802. The van der Waals surface area contributed by atoms with E-state index < -0.39 is 65.6 Å². The molecule has 1 saturated heterocycles. The predicted molar refractivity (Wildman–Crippen MR) is 196 cm³/mol. The summed E-state index contributed by atoms with van der Waals surface area (Å²) in [5.74, 6) is -3.00. The molecule has 13 heteroatoms. The Morgan fingerprint density at radius 2 is 1.52 bits per heavy atom. The fourth-order valence-corrected chi connectivity index (χ4v) is 4.78. The Labute approximate surface area is 300 Å². The number of Topliss-reactive ketones (excluding diaryl/α,β-unsaturated/α-hetero) is 1. The fraction of sp³-hybridized carbons (Fsp3) is 0.730. The molecule has 0 aromatic carbocycles. The molecule has 0 bridgehead atoms. The number of nitrogens with zero attached hydrogens (tertiary/aromatic N) is 1. The van der Waals surface area contributed by atoms with Gasteiger partial charge in [0.1, 0.15) is 31.0 Å². The van der Waals surface area contributed by atoms with E-state index in [1.807, 2.05) is 27.7 Å². The van der Waals surface area contributed by atoms with Gasteiger partial charge in [-0.2, -0.15) is 0 Å². The Bertz CT molecular complexity index is 1130. The number of primary amides is 1. The summed E-state index contributed by atoms with van der Waals surface area (Å²) < 4.78 is 10.1. The second-order valence-electron chi connectivity index (χ2n) is 12.8. The molecule has 5 N–H and O–H groups in total. The summed E-state index contributed by atoms with van der Waals surface area (Å²) in [5, 5.41) is 7.66. The maximum atomic E-state index is 13.6. The number of carbonyl (C=O) groups is 6. The minimum atomic E-state index is -1.11. The summed E-state index contributed by atoms with van der Waals surface area (Å²) in [5.41, 5.74) is 4.47. The molecular weight excluding hydrogens is 642 g/mol. The Kier molecular flexibility index (Phi) is 25.9. The Balaban J connectivity index is 0. The fourth-order valence-electron chi connectivity index (χ4n) is 4.78. The van der Waals surface area contributed by atoms with Gasteiger partial charge in [0.15, 0.2) is 0 Å². The van der Waals surface area contributed by atoms with Gasteiger partial charge < -0.3 is 35.7 Å². The normalized spacial score (nSPS) is 15.9. The van der Waals surface area contributed by atoms with Crippen molar-refractivity contribution in [3.05, 3.63) is 24.2 Å². The highest BCUT2D eigenvalue weighted by atomic mass is 16.5. The van der Waals surface area contributed by atoms with Crippen molar-refractivity contribution in [3.63, 3.8) is 0 Å². The van der Waals surface area contributed by atoms with E-state index in [0.717, 1.165) is 19.3 Å². The number of amides is 5. The Morgan fingerprint density at radius 1 is 0.940 bits per heavy atom. The van der Waals surface area contributed by atoms with Gasteiger partial charge in [0.2, 0.25) is 17.6 Å². The van der Waals surface area contributed by atoms with E-state index in [0.29, 0.717) is 25.0 Å². The second kappa shape index (κ2) is 26.9. The van der Waals surface area contributed by atoms with Crippen LogP contribution in [0.2, 0.25) is 0 Å². The number of esters is 1. The Hall–Kier alpha value is -3.90. The number of likely N-dealkylation sites (tertiary alicyclic amines) is 1. The average molecular weight is 710 g/mol. The zero-order chi connectivity index (χ0) is 38.9. The van der Waals surface area contributed by atoms with Crippen LogP contribution in [-0.2, 0) is 35.3 Å². The maximum absolute atomic E-state index is 13.6. The summed E-state index contributed by atoms with van der Waals surface area (Å²) in [6.07, 6.45) is 8.03. The summed E-state index contributed by atoms with van der Waals surface area (Å²) in [6.45, 7) is 21.6. The maximum Gasteiger partial charge on any atom is 0.325 e. The molecule has 2 heterocycles. The smallest absolute Gasteiger partial charge is 0.325 e. The molecule has 2 aliphatic rings. The molecule has 0 radical (unpaired) electrons. The highest BCUT2D eigenvalue weighted by Gasteiger charge is 2.43. The lowest BCUT2D eigenvalue weighted by molar-refractivity contribution is -0.144. The first kappa shape index (κ1) is 48.2. The molecule has 1 aliphatic carbocycles. The van der Waals surface area contributed by atoms with Crippen molar-refractivity contribution in [2.24, 2.45) is 17.1 Å². The highest BCUT2D eigenvalue weighted by molar-refractivity contribution is 6.37. The average Bonchev–Trinajstić information content (AvgIpc) is 3.77. The predicted octanol–water partition coefficient (Wildman–Crippen LogP) is 5.64. The standard InChI is InChI=1S/C27H39N5O8.2C3H8.2C2H6/c1-27(2,3)22(31-26(38)29-14-20(33)40-15-17-9-6-12-39-17)25(37)32-11-5-10-19(32)24(36)30-18(21(34)23(28)35)13-16-7-4-8-16;2*1-3-2;2*1-2/h6,9,12,16,18-19,22H,4-5,7-8,10-11,13-15H2,1-3H3,(H2,28,35)(H,30,36)(H2,29,31,38);2*3H2,1-2H3;2*1-2H3. The Morgan fingerprint density at radius 3 is 1.98 bits per heavy atom. The van der Waals surface area contributed by atoms with Crippen molar-refractivity contribution in [1.29, 1.82) is 0 Å². The van der Waals surface area contributed by atoms with Crippen molar-refractivity contribution in [3.8, 4) is 0 Å². The van der Waals surface area contributed by atoms with Crippen molar-refractivity contribution >= 4 is 35.5 Å². The summed E-state index contributed by atoms with van der Waals surface area (Å²) in [7, 11) is 0. The highest BCUT2D eigenvalue weighted by Crippen LogP contribution is 2.31. The van der Waals surface area contributed by atoms with Crippen LogP contribution in [0.3, 0.4) is 0 Å². The van der Waals surface area contributed by atoms with Gasteiger partial charge in [0.05, 0.1) is 12.3 Å². The van der Waals surface area contributed by atoms with E-state index in [9.17, 15) is 28.8 Å². The van der Waals surface area contributed by atoms with E-state index >= 15 is 0 Å². The number of hydrogen-bond acceptors (Lipinski definition) is 8. The number of nitrogens with two attached hydrogens (primary N) is 1. The van der Waals surface area contributed by atoms with Gasteiger partial charge in [-0.05, 0) is 42.7 Å². The van der Waals surface area contributed by atoms with Gasteiger partial charge in [0.25, 0.3) is 5.91 Å².